The molecule has 4 fully saturated rings. The summed E-state index contributed by atoms with van der Waals surface area (Å²) in [6, 6.07) is 7.47. The second-order valence-electron chi connectivity index (χ2n) is 12.8. The molecule has 6 heterocycles. The lowest BCUT2D eigenvalue weighted by atomic mass is 9.93. The normalized spacial score (nSPS) is 26.2. The fourth-order valence-electron chi connectivity index (χ4n) is 8.04. The summed E-state index contributed by atoms with van der Waals surface area (Å²) in [4.78, 5) is 18.2. The monoisotopic (exact) mass is 634 g/mol. The lowest BCUT2D eigenvalue weighted by Gasteiger charge is -2.35. The number of halogens is 3. The number of nitrogens with two attached hydrogens (primary N) is 1. The van der Waals surface area contributed by atoms with E-state index >= 15 is 4.39 Å². The second-order valence-corrected chi connectivity index (χ2v) is 13.9. The number of benzene rings is 2. The van der Waals surface area contributed by atoms with Crippen molar-refractivity contribution in [1.29, 1.82) is 5.26 Å². The van der Waals surface area contributed by atoms with E-state index in [-0.39, 0.29) is 51.9 Å². The number of fused-ring (bicyclic) bond motifs is 5. The summed E-state index contributed by atoms with van der Waals surface area (Å²) in [5.41, 5.74) is 7.06. The zero-order chi connectivity index (χ0) is 30.9. The molecular weight excluding hydrogens is 601 g/mol. The average Bonchev–Trinajstić information content (AvgIpc) is 3.77. The van der Waals surface area contributed by atoms with Gasteiger partial charge in [0, 0.05) is 61.1 Å². The molecule has 0 radical (unpaired) electrons. The molecule has 45 heavy (non-hydrogen) atoms. The molecule has 13 heteroatoms. The summed E-state index contributed by atoms with van der Waals surface area (Å²) in [5.74, 6) is -0.522. The molecule has 2 bridgehead atoms. The number of thiazole rings is 1. The molecular formula is C32H33F3N8OS. The first-order valence-corrected chi connectivity index (χ1v) is 16.4. The average molecular weight is 635 g/mol. The summed E-state index contributed by atoms with van der Waals surface area (Å²) in [5, 5.41) is 13.8. The maximum atomic E-state index is 17.1. The van der Waals surface area contributed by atoms with Crippen molar-refractivity contribution in [1.82, 2.24) is 25.2 Å². The SMILES string of the molecule is N#CCCc1cc2c(N3CC4CCC(C3)N4)nc(OC[C@@]34CCCN3C[C@H](F)C4)nc2c(F)c1-c1ccc(F)c2sc(N)nc12. The Balaban J connectivity index is 1.30. The summed E-state index contributed by atoms with van der Waals surface area (Å²) >= 11 is 1.00. The van der Waals surface area contributed by atoms with Crippen LogP contribution in [0.1, 0.15) is 44.1 Å². The zero-order valence-electron chi connectivity index (χ0n) is 24.7. The van der Waals surface area contributed by atoms with Crippen LogP contribution in [0.2, 0.25) is 0 Å². The largest absolute Gasteiger partial charge is 0.461 e. The molecule has 4 aromatic rings. The number of hydrogen-bond acceptors (Lipinski definition) is 10. The van der Waals surface area contributed by atoms with Gasteiger partial charge in [-0.15, -0.1) is 0 Å². The first-order chi connectivity index (χ1) is 21.8. The summed E-state index contributed by atoms with van der Waals surface area (Å²) in [7, 11) is 0. The minimum absolute atomic E-state index is 0.0451. The Hall–Kier alpha value is -3.73. The molecule has 4 aliphatic rings. The molecule has 4 saturated heterocycles. The van der Waals surface area contributed by atoms with Crippen LogP contribution in [0.4, 0.5) is 24.1 Å². The minimum Gasteiger partial charge on any atom is -0.461 e. The topological polar surface area (TPSA) is 116 Å². The third kappa shape index (κ3) is 4.85. The first-order valence-electron chi connectivity index (χ1n) is 15.6. The Morgan fingerprint density at radius 2 is 1.96 bits per heavy atom. The number of piperazine rings is 1. The fraction of sp³-hybridized carbons (Fsp3) is 0.500. The molecule has 8 rings (SSSR count). The van der Waals surface area contributed by atoms with E-state index in [1.165, 1.54) is 12.1 Å². The Bertz CT molecular complexity index is 1850. The van der Waals surface area contributed by atoms with E-state index in [0.29, 0.717) is 60.5 Å². The number of alkyl halides is 1. The fourth-order valence-corrected chi connectivity index (χ4v) is 8.80. The van der Waals surface area contributed by atoms with E-state index in [1.807, 2.05) is 6.07 Å². The molecule has 4 atom stereocenters. The van der Waals surface area contributed by atoms with Gasteiger partial charge in [0.2, 0.25) is 0 Å². The van der Waals surface area contributed by atoms with Gasteiger partial charge in [-0.2, -0.15) is 15.2 Å². The van der Waals surface area contributed by atoms with Gasteiger partial charge in [0.1, 0.15) is 29.9 Å². The molecule has 3 N–H and O–H groups in total. The van der Waals surface area contributed by atoms with E-state index in [4.69, 9.17) is 15.5 Å². The van der Waals surface area contributed by atoms with Crippen LogP contribution in [-0.2, 0) is 6.42 Å². The van der Waals surface area contributed by atoms with Crippen molar-refractivity contribution in [2.45, 2.75) is 68.7 Å². The molecule has 0 spiro atoms. The lowest BCUT2D eigenvalue weighted by molar-refractivity contribution is 0.107. The van der Waals surface area contributed by atoms with E-state index in [0.717, 1.165) is 43.6 Å². The van der Waals surface area contributed by atoms with Gasteiger partial charge in [0.05, 0.1) is 21.8 Å². The lowest BCUT2D eigenvalue weighted by Crippen LogP contribution is -2.51. The number of nitrogen functional groups attached to an aromatic ring is 1. The predicted molar refractivity (Wildman–Crippen MR) is 167 cm³/mol. The summed E-state index contributed by atoms with van der Waals surface area (Å²) in [6.45, 7) is 2.85. The van der Waals surface area contributed by atoms with Crippen LogP contribution in [-0.4, -0.2) is 76.4 Å². The highest BCUT2D eigenvalue weighted by Crippen LogP contribution is 2.43. The molecule has 2 aromatic heterocycles. The number of nitrogens with zero attached hydrogens (tertiary/aromatic N) is 6. The van der Waals surface area contributed by atoms with Crippen molar-refractivity contribution < 1.29 is 17.9 Å². The second kappa shape index (κ2) is 11.0. The van der Waals surface area contributed by atoms with Crippen LogP contribution in [0.5, 0.6) is 6.01 Å². The highest BCUT2D eigenvalue weighted by Gasteiger charge is 2.49. The third-order valence-electron chi connectivity index (χ3n) is 10.0. The Morgan fingerprint density at radius 1 is 1.13 bits per heavy atom. The van der Waals surface area contributed by atoms with Gasteiger partial charge in [0.25, 0.3) is 0 Å². The summed E-state index contributed by atoms with van der Waals surface area (Å²) in [6.07, 6.45) is 3.83. The van der Waals surface area contributed by atoms with Gasteiger partial charge in [-0.1, -0.05) is 11.3 Å². The van der Waals surface area contributed by atoms with E-state index < -0.39 is 23.3 Å². The van der Waals surface area contributed by atoms with Gasteiger partial charge in [-0.3, -0.25) is 4.90 Å². The van der Waals surface area contributed by atoms with Crippen LogP contribution < -0.4 is 20.7 Å². The van der Waals surface area contributed by atoms with Crippen molar-refractivity contribution in [3.05, 3.63) is 35.4 Å². The Labute approximate surface area is 262 Å². The first kappa shape index (κ1) is 28.7. The van der Waals surface area contributed by atoms with E-state index in [1.54, 1.807) is 0 Å². The maximum absolute atomic E-state index is 17.1. The van der Waals surface area contributed by atoms with Crippen molar-refractivity contribution in [2.24, 2.45) is 0 Å². The minimum atomic E-state index is -0.905. The van der Waals surface area contributed by atoms with E-state index in [9.17, 15) is 14.0 Å². The van der Waals surface area contributed by atoms with Crippen molar-refractivity contribution >= 4 is 43.4 Å². The van der Waals surface area contributed by atoms with Crippen molar-refractivity contribution in [2.75, 3.05) is 43.4 Å². The van der Waals surface area contributed by atoms with E-state index in [2.05, 4.69) is 31.2 Å². The number of nitriles is 1. The molecule has 0 amide bonds. The van der Waals surface area contributed by atoms with Gasteiger partial charge in [-0.25, -0.2) is 18.2 Å². The standard InChI is InChI=1S/C32H33F3N8OS/c33-18-12-32(8-2-10-43(32)13-18)16-44-31-40-26-22(29(41-31)42-14-19-4-5-20(15-42)38-19)11-17(3-1-9-36)24(25(26)35)21-6-7-23(34)28-27(21)39-30(37)45-28/h6-7,11,18-20,38H,1-5,8,10,12-16H2,(H2,37,39)/t18-,19?,20?,32+/m1/s1. The molecule has 2 aromatic carbocycles. The molecule has 9 nitrogen and oxygen atoms in total. The smallest absolute Gasteiger partial charge is 0.319 e. The zero-order valence-corrected chi connectivity index (χ0v) is 25.5. The van der Waals surface area contributed by atoms with Gasteiger partial charge in [-0.05, 0) is 62.4 Å². The van der Waals surface area contributed by atoms with Crippen molar-refractivity contribution in [3.63, 3.8) is 0 Å². The van der Waals surface area contributed by atoms with Crippen LogP contribution in [0.15, 0.2) is 18.2 Å². The number of hydrogen-bond donors (Lipinski definition) is 2. The van der Waals surface area contributed by atoms with Crippen molar-refractivity contribution in [3.8, 4) is 23.2 Å². The highest BCUT2D eigenvalue weighted by molar-refractivity contribution is 7.22. The number of aryl methyl sites for hydroxylation is 1. The number of aromatic nitrogens is 3. The Morgan fingerprint density at radius 3 is 2.76 bits per heavy atom. The van der Waals surface area contributed by atoms with Gasteiger partial charge in [0.15, 0.2) is 10.9 Å². The Kier molecular flexibility index (Phi) is 7.00. The third-order valence-corrected chi connectivity index (χ3v) is 10.9. The van der Waals surface area contributed by atoms with Gasteiger partial charge >= 0.3 is 6.01 Å². The molecule has 234 valence electrons. The number of nitrogens with one attached hydrogen (secondary N) is 1. The number of rotatable bonds is 7. The quantitative estimate of drug-likeness (QED) is 0.286. The van der Waals surface area contributed by atoms with Crippen LogP contribution in [0.3, 0.4) is 0 Å². The maximum Gasteiger partial charge on any atom is 0.319 e. The molecule has 4 aliphatic heterocycles. The van der Waals surface area contributed by atoms with Crippen LogP contribution in [0, 0.1) is 23.0 Å². The highest BCUT2D eigenvalue weighted by atomic mass is 32.1. The summed E-state index contributed by atoms with van der Waals surface area (Å²) < 4.78 is 52.9. The van der Waals surface area contributed by atoms with Crippen LogP contribution in [0.25, 0.3) is 32.2 Å². The number of anilines is 2. The predicted octanol–water partition coefficient (Wildman–Crippen LogP) is 5.12. The number of ether oxygens (including phenoxy) is 1. The molecule has 0 saturated carbocycles. The van der Waals surface area contributed by atoms with Crippen LogP contribution >= 0.6 is 11.3 Å². The van der Waals surface area contributed by atoms with Gasteiger partial charge < -0.3 is 20.7 Å². The molecule has 0 aliphatic carbocycles. The molecule has 2 unspecified atom stereocenters.